The van der Waals surface area contributed by atoms with Crippen LogP contribution in [0.25, 0.3) is 0 Å². The van der Waals surface area contributed by atoms with Gasteiger partial charge in [-0.15, -0.1) is 0 Å². The van der Waals surface area contributed by atoms with Gasteiger partial charge in [0, 0.05) is 16.2 Å². The summed E-state index contributed by atoms with van der Waals surface area (Å²) in [6.07, 6.45) is 0. The van der Waals surface area contributed by atoms with Gasteiger partial charge in [0.1, 0.15) is 0 Å². The summed E-state index contributed by atoms with van der Waals surface area (Å²) in [4.78, 5) is 0.171. The van der Waals surface area contributed by atoms with Crippen molar-refractivity contribution in [2.24, 2.45) is 5.92 Å². The van der Waals surface area contributed by atoms with Crippen molar-refractivity contribution in [2.45, 2.75) is 31.7 Å². The van der Waals surface area contributed by atoms with E-state index in [0.29, 0.717) is 10.2 Å². The minimum absolute atomic E-state index is 0.131. The SMILES string of the molecule is CC(C)C(C)NS(=O)(=O)c1cc(N)ccc1Br. The molecule has 0 heterocycles. The Balaban J connectivity index is 3.09. The quantitative estimate of drug-likeness (QED) is 0.836. The Morgan fingerprint density at radius 3 is 2.41 bits per heavy atom. The lowest BCUT2D eigenvalue weighted by molar-refractivity contribution is 0.476. The third kappa shape index (κ3) is 3.69. The topological polar surface area (TPSA) is 72.2 Å². The molecule has 0 aliphatic carbocycles. The first-order chi connectivity index (χ1) is 7.74. The van der Waals surface area contributed by atoms with Gasteiger partial charge in [0.25, 0.3) is 0 Å². The molecule has 0 spiro atoms. The highest BCUT2D eigenvalue weighted by molar-refractivity contribution is 9.10. The van der Waals surface area contributed by atoms with Crippen molar-refractivity contribution in [3.05, 3.63) is 22.7 Å². The van der Waals surface area contributed by atoms with Crippen molar-refractivity contribution in [3.8, 4) is 0 Å². The van der Waals surface area contributed by atoms with Crippen LogP contribution in [0.2, 0.25) is 0 Å². The van der Waals surface area contributed by atoms with E-state index in [4.69, 9.17) is 5.73 Å². The molecule has 0 aliphatic heterocycles. The van der Waals surface area contributed by atoms with Crippen LogP contribution in [0.15, 0.2) is 27.6 Å². The fraction of sp³-hybridized carbons (Fsp3) is 0.455. The second-order valence-corrected chi connectivity index (χ2v) is 6.88. The molecule has 0 amide bonds. The normalized spacial score (nSPS) is 13.9. The summed E-state index contributed by atoms with van der Waals surface area (Å²) in [7, 11) is -3.53. The lowest BCUT2D eigenvalue weighted by Gasteiger charge is -2.18. The molecule has 96 valence electrons. The Bertz CT molecular complexity index is 500. The van der Waals surface area contributed by atoms with E-state index in [1.54, 1.807) is 12.1 Å². The molecule has 0 radical (unpaired) electrons. The maximum atomic E-state index is 12.1. The van der Waals surface area contributed by atoms with E-state index >= 15 is 0 Å². The molecule has 0 aromatic heterocycles. The van der Waals surface area contributed by atoms with Gasteiger partial charge in [0.15, 0.2) is 0 Å². The van der Waals surface area contributed by atoms with Gasteiger partial charge < -0.3 is 5.73 Å². The summed E-state index contributed by atoms with van der Waals surface area (Å²) in [6, 6.07) is 4.59. The fourth-order valence-corrected chi connectivity index (χ4v) is 3.56. The van der Waals surface area contributed by atoms with E-state index in [9.17, 15) is 8.42 Å². The summed E-state index contributed by atoms with van der Waals surface area (Å²) in [5, 5.41) is 0. The number of sulfonamides is 1. The van der Waals surface area contributed by atoms with Gasteiger partial charge in [-0.25, -0.2) is 13.1 Å². The van der Waals surface area contributed by atoms with Gasteiger partial charge in [-0.05, 0) is 47.0 Å². The van der Waals surface area contributed by atoms with Crippen LogP contribution in [0.3, 0.4) is 0 Å². The highest BCUT2D eigenvalue weighted by Crippen LogP contribution is 2.24. The van der Waals surface area contributed by atoms with Crippen molar-refractivity contribution >= 4 is 31.6 Å². The van der Waals surface area contributed by atoms with E-state index in [1.165, 1.54) is 6.07 Å². The Morgan fingerprint density at radius 2 is 1.88 bits per heavy atom. The van der Waals surface area contributed by atoms with Crippen LogP contribution in [-0.2, 0) is 10.0 Å². The minimum atomic E-state index is -3.53. The lowest BCUT2D eigenvalue weighted by atomic mass is 10.1. The second kappa shape index (κ2) is 5.37. The minimum Gasteiger partial charge on any atom is -0.399 e. The van der Waals surface area contributed by atoms with E-state index in [1.807, 2.05) is 20.8 Å². The predicted molar refractivity (Wildman–Crippen MR) is 73.2 cm³/mol. The van der Waals surface area contributed by atoms with Crippen molar-refractivity contribution < 1.29 is 8.42 Å². The average molecular weight is 321 g/mol. The number of nitrogens with two attached hydrogens (primary N) is 1. The fourth-order valence-electron chi connectivity index (χ4n) is 1.17. The van der Waals surface area contributed by atoms with Gasteiger partial charge >= 0.3 is 0 Å². The van der Waals surface area contributed by atoms with Crippen molar-refractivity contribution in [1.29, 1.82) is 0 Å². The summed E-state index contributed by atoms with van der Waals surface area (Å²) in [5.74, 6) is 0.226. The molecular formula is C11H17BrN2O2S. The van der Waals surface area contributed by atoms with E-state index in [2.05, 4.69) is 20.7 Å². The molecule has 1 aromatic carbocycles. The molecule has 1 rings (SSSR count). The van der Waals surface area contributed by atoms with Gasteiger partial charge in [-0.3, -0.25) is 0 Å². The largest absolute Gasteiger partial charge is 0.399 e. The highest BCUT2D eigenvalue weighted by atomic mass is 79.9. The maximum absolute atomic E-state index is 12.1. The lowest BCUT2D eigenvalue weighted by Crippen LogP contribution is -2.36. The van der Waals surface area contributed by atoms with Crippen LogP contribution < -0.4 is 10.5 Å². The van der Waals surface area contributed by atoms with Gasteiger partial charge in [-0.2, -0.15) is 0 Å². The van der Waals surface area contributed by atoms with Crippen LogP contribution in [0.1, 0.15) is 20.8 Å². The molecule has 1 aromatic rings. The van der Waals surface area contributed by atoms with Crippen molar-refractivity contribution in [2.75, 3.05) is 5.73 Å². The first-order valence-electron chi connectivity index (χ1n) is 5.31. The van der Waals surface area contributed by atoms with E-state index in [-0.39, 0.29) is 16.9 Å². The third-order valence-electron chi connectivity index (χ3n) is 2.59. The molecule has 0 saturated carbocycles. The van der Waals surface area contributed by atoms with Crippen molar-refractivity contribution in [1.82, 2.24) is 4.72 Å². The van der Waals surface area contributed by atoms with Crippen LogP contribution >= 0.6 is 15.9 Å². The first-order valence-corrected chi connectivity index (χ1v) is 7.59. The number of benzene rings is 1. The summed E-state index contributed by atoms with van der Waals surface area (Å²) in [5.41, 5.74) is 6.02. The molecule has 4 nitrogen and oxygen atoms in total. The van der Waals surface area contributed by atoms with Crippen LogP contribution in [-0.4, -0.2) is 14.5 Å². The zero-order valence-corrected chi connectivity index (χ0v) is 12.5. The molecule has 6 heteroatoms. The van der Waals surface area contributed by atoms with E-state index in [0.717, 1.165) is 0 Å². The Kier molecular flexibility index (Phi) is 4.57. The van der Waals surface area contributed by atoms with Gasteiger partial charge in [0.2, 0.25) is 10.0 Å². The molecule has 0 aliphatic rings. The maximum Gasteiger partial charge on any atom is 0.242 e. The number of anilines is 1. The number of nitrogens with one attached hydrogen (secondary N) is 1. The number of hydrogen-bond donors (Lipinski definition) is 2. The predicted octanol–water partition coefficient (Wildman–Crippen LogP) is 2.35. The molecule has 0 bridgehead atoms. The number of halogens is 1. The summed E-state index contributed by atoms with van der Waals surface area (Å²) in [6.45, 7) is 5.76. The number of hydrogen-bond acceptors (Lipinski definition) is 3. The monoisotopic (exact) mass is 320 g/mol. The average Bonchev–Trinajstić information content (AvgIpc) is 2.20. The third-order valence-corrected chi connectivity index (χ3v) is 5.14. The molecular weight excluding hydrogens is 304 g/mol. The van der Waals surface area contributed by atoms with Gasteiger partial charge in [0.05, 0.1) is 4.90 Å². The van der Waals surface area contributed by atoms with Gasteiger partial charge in [-0.1, -0.05) is 13.8 Å². The smallest absolute Gasteiger partial charge is 0.242 e. The summed E-state index contributed by atoms with van der Waals surface area (Å²) < 4.78 is 27.4. The number of nitrogen functional groups attached to an aromatic ring is 1. The van der Waals surface area contributed by atoms with E-state index < -0.39 is 10.0 Å². The molecule has 3 N–H and O–H groups in total. The van der Waals surface area contributed by atoms with Crippen molar-refractivity contribution in [3.63, 3.8) is 0 Å². The zero-order valence-electron chi connectivity index (χ0n) is 10.1. The Labute approximate surface area is 111 Å². The first kappa shape index (κ1) is 14.5. The Hall–Kier alpha value is -0.590. The molecule has 1 atom stereocenters. The summed E-state index contributed by atoms with van der Waals surface area (Å²) >= 11 is 3.22. The highest BCUT2D eigenvalue weighted by Gasteiger charge is 2.21. The standard InChI is InChI=1S/C11H17BrN2O2S/c1-7(2)8(3)14-17(15,16)11-6-9(13)4-5-10(11)12/h4-8,14H,13H2,1-3H3. The molecule has 1 unspecified atom stereocenters. The molecule has 17 heavy (non-hydrogen) atoms. The van der Waals surface area contributed by atoms with Crippen LogP contribution in [0, 0.1) is 5.92 Å². The zero-order chi connectivity index (χ0) is 13.2. The molecule has 0 fully saturated rings. The Morgan fingerprint density at radius 1 is 1.29 bits per heavy atom. The van der Waals surface area contributed by atoms with Crippen LogP contribution in [0.5, 0.6) is 0 Å². The molecule has 0 saturated heterocycles. The number of rotatable bonds is 4. The van der Waals surface area contributed by atoms with Crippen LogP contribution in [0.4, 0.5) is 5.69 Å². The second-order valence-electron chi connectivity index (χ2n) is 4.34.